The maximum Gasteiger partial charge on any atom is 0.191 e. The van der Waals surface area contributed by atoms with Crippen molar-refractivity contribution in [3.05, 3.63) is 29.5 Å². The summed E-state index contributed by atoms with van der Waals surface area (Å²) in [4.78, 5) is 9.23. The summed E-state index contributed by atoms with van der Waals surface area (Å²) in [5, 5.41) is 18.7. The molecule has 27 heavy (non-hydrogen) atoms. The molecule has 2 aliphatic rings. The first kappa shape index (κ1) is 18.6. The number of aryl methyl sites for hydroxylation is 1. The Morgan fingerprint density at radius 1 is 1.11 bits per heavy atom. The van der Waals surface area contributed by atoms with E-state index in [2.05, 4.69) is 36.6 Å². The van der Waals surface area contributed by atoms with Crippen LogP contribution in [-0.4, -0.2) is 66.9 Å². The average molecular weight is 374 g/mol. The van der Waals surface area contributed by atoms with Gasteiger partial charge in [0.2, 0.25) is 0 Å². The van der Waals surface area contributed by atoms with E-state index >= 15 is 0 Å². The molecule has 0 saturated carbocycles. The number of aromatic nitrogens is 4. The third-order valence-electron chi connectivity index (χ3n) is 5.84. The summed E-state index contributed by atoms with van der Waals surface area (Å²) < 4.78 is 7.51. The van der Waals surface area contributed by atoms with Crippen LogP contribution in [0.25, 0.3) is 0 Å². The first-order chi connectivity index (χ1) is 13.1. The number of aliphatic hydroxyl groups excluding tert-OH is 1. The molecule has 0 amide bonds. The largest absolute Gasteiger partial charge is 0.449 e. The topological polar surface area (TPSA) is 83.5 Å². The van der Waals surface area contributed by atoms with Crippen LogP contribution in [0.5, 0.6) is 0 Å². The van der Waals surface area contributed by atoms with E-state index in [0.29, 0.717) is 5.92 Å². The number of nitrogens with zero attached hydrogens (tertiary/aromatic N) is 6. The fourth-order valence-electron chi connectivity index (χ4n) is 4.27. The molecule has 0 bridgehead atoms. The molecule has 2 aromatic rings. The number of likely N-dealkylation sites (tertiary alicyclic amines) is 2. The molecule has 0 radical (unpaired) electrons. The molecule has 2 aromatic heterocycles. The summed E-state index contributed by atoms with van der Waals surface area (Å²) in [5.41, 5.74) is 0.999. The molecule has 8 heteroatoms. The van der Waals surface area contributed by atoms with Gasteiger partial charge >= 0.3 is 0 Å². The fraction of sp³-hybridized carbons (Fsp3) is 0.737. The summed E-state index contributed by atoms with van der Waals surface area (Å²) >= 11 is 0. The Morgan fingerprint density at radius 2 is 1.93 bits per heavy atom. The number of rotatable bonds is 5. The maximum atomic E-state index is 9.68. The first-order valence-corrected chi connectivity index (χ1v) is 10.0. The van der Waals surface area contributed by atoms with E-state index < -0.39 is 0 Å². The van der Waals surface area contributed by atoms with Crippen molar-refractivity contribution in [2.75, 3.05) is 26.2 Å². The molecule has 0 aromatic carbocycles. The molecule has 2 aliphatic heterocycles. The number of hydrogen-bond donors (Lipinski definition) is 1. The van der Waals surface area contributed by atoms with Gasteiger partial charge < -0.3 is 14.1 Å². The van der Waals surface area contributed by atoms with Gasteiger partial charge in [-0.25, -0.2) is 4.98 Å². The van der Waals surface area contributed by atoms with E-state index in [1.165, 1.54) is 0 Å². The van der Waals surface area contributed by atoms with Crippen LogP contribution >= 0.6 is 0 Å². The number of piperidine rings is 2. The van der Waals surface area contributed by atoms with Gasteiger partial charge in [-0.1, -0.05) is 0 Å². The Morgan fingerprint density at radius 3 is 2.67 bits per heavy atom. The van der Waals surface area contributed by atoms with E-state index in [1.807, 2.05) is 6.92 Å². The molecule has 148 valence electrons. The van der Waals surface area contributed by atoms with Gasteiger partial charge in [0, 0.05) is 46.1 Å². The Bertz CT molecular complexity index is 749. The van der Waals surface area contributed by atoms with Gasteiger partial charge in [-0.3, -0.25) is 9.80 Å². The number of hydrogen-bond acceptors (Lipinski definition) is 7. The molecule has 2 saturated heterocycles. The van der Waals surface area contributed by atoms with E-state index in [9.17, 15) is 5.11 Å². The highest BCUT2D eigenvalue weighted by molar-refractivity contribution is 5.05. The van der Waals surface area contributed by atoms with Crippen molar-refractivity contribution in [3.63, 3.8) is 0 Å². The van der Waals surface area contributed by atoms with E-state index in [-0.39, 0.29) is 6.10 Å². The van der Waals surface area contributed by atoms with Crippen molar-refractivity contribution in [1.82, 2.24) is 29.5 Å². The monoisotopic (exact) mass is 374 g/mol. The predicted octanol–water partition coefficient (Wildman–Crippen LogP) is 1.45. The van der Waals surface area contributed by atoms with Crippen LogP contribution in [0.1, 0.15) is 54.8 Å². The Balaban J connectivity index is 1.38. The minimum atomic E-state index is -0.141. The molecule has 2 fully saturated rings. The lowest BCUT2D eigenvalue weighted by Crippen LogP contribution is -2.36. The molecular weight excluding hydrogens is 344 g/mol. The quantitative estimate of drug-likeness (QED) is 0.848. The minimum absolute atomic E-state index is 0.141. The molecule has 4 rings (SSSR count). The highest BCUT2D eigenvalue weighted by Crippen LogP contribution is 2.27. The van der Waals surface area contributed by atoms with Gasteiger partial charge in [0.15, 0.2) is 5.89 Å². The smallest absolute Gasteiger partial charge is 0.191 e. The average Bonchev–Trinajstić information content (AvgIpc) is 3.23. The van der Waals surface area contributed by atoms with Gasteiger partial charge in [0.25, 0.3) is 0 Å². The highest BCUT2D eigenvalue weighted by Gasteiger charge is 2.27. The van der Waals surface area contributed by atoms with Gasteiger partial charge in [0.05, 0.1) is 18.3 Å². The molecule has 4 heterocycles. The second-order valence-corrected chi connectivity index (χ2v) is 7.97. The zero-order chi connectivity index (χ0) is 18.8. The summed E-state index contributed by atoms with van der Waals surface area (Å²) in [7, 11) is 2.09. The van der Waals surface area contributed by atoms with Crippen molar-refractivity contribution in [2.45, 2.75) is 57.7 Å². The molecule has 1 atom stereocenters. The van der Waals surface area contributed by atoms with Crippen molar-refractivity contribution in [2.24, 2.45) is 7.05 Å². The molecule has 0 aliphatic carbocycles. The molecule has 0 spiro atoms. The Kier molecular flexibility index (Phi) is 5.56. The van der Waals surface area contributed by atoms with Gasteiger partial charge in [-0.2, -0.15) is 0 Å². The molecule has 0 unspecified atom stereocenters. The standard InChI is InChI=1S/C19H30N6O2/c1-14-20-16(13-27-14)11-25-7-3-4-15(10-25)19-22-21-18(23(19)2)12-24-8-5-17(26)6-9-24/h13,15,17,26H,3-12H2,1-2H3/t15-/m1/s1. The number of oxazole rings is 1. The lowest BCUT2D eigenvalue weighted by atomic mass is 9.97. The summed E-state index contributed by atoms with van der Waals surface area (Å²) in [6, 6.07) is 0. The van der Waals surface area contributed by atoms with Crippen LogP contribution in [0.2, 0.25) is 0 Å². The zero-order valence-electron chi connectivity index (χ0n) is 16.3. The Hall–Kier alpha value is -1.77. The first-order valence-electron chi connectivity index (χ1n) is 10.0. The van der Waals surface area contributed by atoms with Gasteiger partial charge in [-0.05, 0) is 32.2 Å². The lowest BCUT2D eigenvalue weighted by Gasteiger charge is -2.31. The van der Waals surface area contributed by atoms with Crippen LogP contribution < -0.4 is 0 Å². The summed E-state index contributed by atoms with van der Waals surface area (Å²) in [6.45, 7) is 7.44. The maximum absolute atomic E-state index is 9.68. The third kappa shape index (κ3) is 4.39. The second-order valence-electron chi connectivity index (χ2n) is 7.97. The van der Waals surface area contributed by atoms with Crippen LogP contribution in [0.15, 0.2) is 10.7 Å². The van der Waals surface area contributed by atoms with Crippen LogP contribution in [0.3, 0.4) is 0 Å². The molecule has 1 N–H and O–H groups in total. The van der Waals surface area contributed by atoms with Crippen molar-refractivity contribution < 1.29 is 9.52 Å². The molecule has 8 nitrogen and oxygen atoms in total. The SMILES string of the molecule is Cc1nc(CN2CCC[C@@H](c3nnc(CN4CCC(O)CC4)n3C)C2)co1. The zero-order valence-corrected chi connectivity index (χ0v) is 16.3. The summed E-state index contributed by atoms with van der Waals surface area (Å²) in [6.07, 6.45) is 5.63. The lowest BCUT2D eigenvalue weighted by molar-refractivity contribution is 0.0775. The minimum Gasteiger partial charge on any atom is -0.449 e. The van der Waals surface area contributed by atoms with Crippen molar-refractivity contribution in [3.8, 4) is 0 Å². The van der Waals surface area contributed by atoms with E-state index in [1.54, 1.807) is 6.26 Å². The van der Waals surface area contributed by atoms with E-state index in [4.69, 9.17) is 4.42 Å². The third-order valence-corrected chi connectivity index (χ3v) is 5.84. The van der Waals surface area contributed by atoms with Crippen LogP contribution in [0, 0.1) is 6.92 Å². The van der Waals surface area contributed by atoms with Crippen molar-refractivity contribution >= 4 is 0 Å². The predicted molar refractivity (Wildman–Crippen MR) is 100 cm³/mol. The number of aliphatic hydroxyl groups is 1. The van der Waals surface area contributed by atoms with Crippen LogP contribution in [-0.2, 0) is 20.1 Å². The highest BCUT2D eigenvalue weighted by atomic mass is 16.3. The fourth-order valence-corrected chi connectivity index (χ4v) is 4.27. The van der Waals surface area contributed by atoms with Gasteiger partial charge in [-0.15, -0.1) is 10.2 Å². The normalized spacial score (nSPS) is 23.1. The van der Waals surface area contributed by atoms with Crippen molar-refractivity contribution in [1.29, 1.82) is 0 Å². The van der Waals surface area contributed by atoms with E-state index in [0.717, 1.165) is 88.2 Å². The van der Waals surface area contributed by atoms with Gasteiger partial charge in [0.1, 0.15) is 17.9 Å². The van der Waals surface area contributed by atoms with Crippen LogP contribution in [0.4, 0.5) is 0 Å². The Labute approximate surface area is 160 Å². The second kappa shape index (κ2) is 8.08. The summed E-state index contributed by atoms with van der Waals surface area (Å²) in [5.74, 6) is 3.23. The molecular formula is C19H30N6O2.